The first-order chi connectivity index (χ1) is 19.2. The summed E-state index contributed by atoms with van der Waals surface area (Å²) in [5, 5.41) is 3.11. The van der Waals surface area contributed by atoms with Crippen LogP contribution in [0.5, 0.6) is 11.5 Å². The van der Waals surface area contributed by atoms with Gasteiger partial charge in [0.05, 0.1) is 10.3 Å². The minimum absolute atomic E-state index is 0.0440. The van der Waals surface area contributed by atoms with E-state index in [0.717, 1.165) is 54.5 Å². The molecule has 0 radical (unpaired) electrons. The molecule has 0 spiro atoms. The van der Waals surface area contributed by atoms with E-state index in [-0.39, 0.29) is 17.6 Å². The van der Waals surface area contributed by atoms with Crippen LogP contribution in [-0.2, 0) is 20.2 Å². The number of nitrogens with zero attached hydrogens (tertiary/aromatic N) is 1. The molecule has 1 atom stereocenters. The monoisotopic (exact) mass is 561 g/mol. The van der Waals surface area contributed by atoms with Crippen molar-refractivity contribution in [1.82, 2.24) is 9.62 Å². The predicted octanol–water partition coefficient (Wildman–Crippen LogP) is 4.82. The molecule has 2 fully saturated rings. The number of carbonyl (C=O) groups is 1. The van der Waals surface area contributed by atoms with Gasteiger partial charge in [0.15, 0.2) is 11.5 Å². The quantitative estimate of drug-likeness (QED) is 0.389. The smallest absolute Gasteiger partial charge is 0.240 e. The Morgan fingerprint density at radius 2 is 1.80 bits per heavy atom. The molecular formula is C31H35N3O5S. The number of amides is 1. The first kappa shape index (κ1) is 26.8. The molecule has 0 bridgehead atoms. The third-order valence-electron chi connectivity index (χ3n) is 8.52. The van der Waals surface area contributed by atoms with Gasteiger partial charge < -0.3 is 19.7 Å². The van der Waals surface area contributed by atoms with E-state index < -0.39 is 15.4 Å². The van der Waals surface area contributed by atoms with Crippen molar-refractivity contribution < 1.29 is 22.7 Å². The molecule has 2 aliphatic heterocycles. The Kier molecular flexibility index (Phi) is 7.06. The lowest BCUT2D eigenvalue weighted by molar-refractivity contribution is -0.118. The van der Waals surface area contributed by atoms with E-state index in [0.29, 0.717) is 29.8 Å². The molecule has 1 aliphatic carbocycles. The third kappa shape index (κ3) is 5.21. The van der Waals surface area contributed by atoms with Crippen LogP contribution in [0, 0.1) is 6.92 Å². The summed E-state index contributed by atoms with van der Waals surface area (Å²) in [7, 11) is -1.49. The van der Waals surface area contributed by atoms with Crippen molar-refractivity contribution >= 4 is 21.6 Å². The number of benzene rings is 3. The minimum Gasteiger partial charge on any atom is -0.454 e. The zero-order valence-corrected chi connectivity index (χ0v) is 23.7. The fourth-order valence-corrected chi connectivity index (χ4v) is 6.88. The van der Waals surface area contributed by atoms with Gasteiger partial charge in [0.2, 0.25) is 22.7 Å². The van der Waals surface area contributed by atoms with Crippen molar-refractivity contribution in [2.45, 2.75) is 55.4 Å². The number of anilines is 1. The third-order valence-corrected chi connectivity index (χ3v) is 10.00. The van der Waals surface area contributed by atoms with Crippen LogP contribution in [0.1, 0.15) is 43.2 Å². The fraction of sp³-hybridized carbons (Fsp3) is 0.387. The topological polar surface area (TPSA) is 97.0 Å². The number of nitrogens with one attached hydrogen (secondary N) is 2. The van der Waals surface area contributed by atoms with Crippen molar-refractivity contribution in [1.29, 1.82) is 0 Å². The summed E-state index contributed by atoms with van der Waals surface area (Å²) in [4.78, 5) is 16.0. The molecule has 2 heterocycles. The summed E-state index contributed by atoms with van der Waals surface area (Å²) < 4.78 is 39.4. The van der Waals surface area contributed by atoms with Gasteiger partial charge in [-0.25, -0.2) is 13.1 Å². The molecule has 6 rings (SSSR count). The Labute approximate surface area is 235 Å². The first-order valence-corrected chi connectivity index (χ1v) is 15.4. The normalized spacial score (nSPS) is 19.5. The number of aryl methyl sites for hydroxylation is 1. The molecule has 1 saturated carbocycles. The summed E-state index contributed by atoms with van der Waals surface area (Å²) in [6, 6.07) is 18.9. The summed E-state index contributed by atoms with van der Waals surface area (Å²) in [5.41, 5.74) is 3.92. The van der Waals surface area contributed by atoms with E-state index in [1.54, 1.807) is 12.1 Å². The van der Waals surface area contributed by atoms with Gasteiger partial charge in [0.1, 0.15) is 0 Å². The molecule has 0 aromatic heterocycles. The van der Waals surface area contributed by atoms with Gasteiger partial charge >= 0.3 is 0 Å². The van der Waals surface area contributed by atoms with Crippen LogP contribution >= 0.6 is 0 Å². The lowest BCUT2D eigenvalue weighted by atomic mass is 9.94. The highest BCUT2D eigenvalue weighted by Crippen LogP contribution is 2.51. The van der Waals surface area contributed by atoms with E-state index in [2.05, 4.69) is 22.0 Å². The maximum Gasteiger partial charge on any atom is 0.240 e. The van der Waals surface area contributed by atoms with Gasteiger partial charge in [0, 0.05) is 18.3 Å². The van der Waals surface area contributed by atoms with Crippen LogP contribution in [0.3, 0.4) is 0 Å². The number of hydrogen-bond acceptors (Lipinski definition) is 6. The van der Waals surface area contributed by atoms with Crippen molar-refractivity contribution in [2.75, 3.05) is 32.2 Å². The van der Waals surface area contributed by atoms with Crippen LogP contribution in [0.25, 0.3) is 11.1 Å². The van der Waals surface area contributed by atoms with Gasteiger partial charge in [-0.05, 0) is 111 Å². The van der Waals surface area contributed by atoms with Crippen LogP contribution in [0.15, 0.2) is 65.6 Å². The Hall–Kier alpha value is -3.40. The minimum atomic E-state index is -3.58. The maximum atomic E-state index is 13.4. The van der Waals surface area contributed by atoms with E-state index in [1.165, 1.54) is 6.42 Å². The average Bonchev–Trinajstić information content (AvgIpc) is 3.46. The standard InChI is InChI=1S/C31H35N3O5S/c1-21-5-9-24(33-30(35)31(14-15-31)23-8-12-28-29(18-23)39-20-38-28)19-27(21)22-6-10-26(11-7-22)40(36,37)32-16-13-25-4-3-17-34(25)2/h5-12,18-19,25,32H,3-4,13-17,20H2,1-2H3,(H,33,35). The Balaban J connectivity index is 1.14. The number of hydrogen-bond donors (Lipinski definition) is 2. The molecule has 8 nitrogen and oxygen atoms in total. The van der Waals surface area contributed by atoms with Crippen molar-refractivity contribution in [3.63, 3.8) is 0 Å². The average molecular weight is 562 g/mol. The number of sulfonamides is 1. The molecule has 1 unspecified atom stereocenters. The van der Waals surface area contributed by atoms with Crippen LogP contribution in [0.4, 0.5) is 5.69 Å². The van der Waals surface area contributed by atoms with Crippen molar-refractivity contribution in [3.8, 4) is 22.6 Å². The predicted molar refractivity (Wildman–Crippen MR) is 154 cm³/mol. The Morgan fingerprint density at radius 3 is 2.52 bits per heavy atom. The van der Waals surface area contributed by atoms with Gasteiger partial charge in [-0.2, -0.15) is 0 Å². The molecule has 3 aromatic rings. The fourth-order valence-electron chi connectivity index (χ4n) is 5.83. The van der Waals surface area contributed by atoms with E-state index in [9.17, 15) is 13.2 Å². The van der Waals surface area contributed by atoms with Gasteiger partial charge in [-0.15, -0.1) is 0 Å². The lowest BCUT2D eigenvalue weighted by Gasteiger charge is -2.19. The SMILES string of the molecule is Cc1ccc(NC(=O)C2(c3ccc4c(c3)OCO4)CC2)cc1-c1ccc(S(=O)(=O)NCCC2CCCN2C)cc1. The highest BCUT2D eigenvalue weighted by atomic mass is 32.2. The number of carbonyl (C=O) groups excluding carboxylic acids is 1. The lowest BCUT2D eigenvalue weighted by Crippen LogP contribution is -2.31. The largest absolute Gasteiger partial charge is 0.454 e. The number of rotatable bonds is 9. The Bertz CT molecular complexity index is 1530. The summed E-state index contributed by atoms with van der Waals surface area (Å²) in [5.74, 6) is 1.34. The van der Waals surface area contributed by atoms with Crippen molar-refractivity contribution in [3.05, 3.63) is 71.8 Å². The second kappa shape index (κ2) is 10.5. The molecule has 1 amide bonds. The van der Waals surface area contributed by atoms with E-state index >= 15 is 0 Å². The highest BCUT2D eigenvalue weighted by Gasteiger charge is 2.51. The Morgan fingerprint density at radius 1 is 1.02 bits per heavy atom. The second-order valence-electron chi connectivity index (χ2n) is 11.1. The molecule has 3 aromatic carbocycles. The molecule has 40 heavy (non-hydrogen) atoms. The van der Waals surface area contributed by atoms with Gasteiger partial charge in [0.25, 0.3) is 0 Å². The number of ether oxygens (including phenoxy) is 2. The second-order valence-corrected chi connectivity index (χ2v) is 12.9. The van der Waals surface area contributed by atoms with Gasteiger partial charge in [-0.3, -0.25) is 4.79 Å². The van der Waals surface area contributed by atoms with E-state index in [1.807, 2.05) is 55.5 Å². The molecule has 210 valence electrons. The molecule has 3 aliphatic rings. The zero-order valence-electron chi connectivity index (χ0n) is 22.9. The number of likely N-dealkylation sites (tertiary alicyclic amines) is 1. The van der Waals surface area contributed by atoms with Crippen LogP contribution in [-0.4, -0.2) is 52.2 Å². The first-order valence-electron chi connectivity index (χ1n) is 13.9. The molecule has 1 saturated heterocycles. The number of fused-ring (bicyclic) bond motifs is 1. The van der Waals surface area contributed by atoms with Crippen LogP contribution in [0.2, 0.25) is 0 Å². The maximum absolute atomic E-state index is 13.4. The molecular weight excluding hydrogens is 526 g/mol. The summed E-state index contributed by atoms with van der Waals surface area (Å²) in [6.07, 6.45) is 4.64. The molecule has 2 N–H and O–H groups in total. The molecule has 9 heteroatoms. The van der Waals surface area contributed by atoms with Crippen molar-refractivity contribution in [2.24, 2.45) is 0 Å². The van der Waals surface area contributed by atoms with Gasteiger partial charge in [-0.1, -0.05) is 24.3 Å². The van der Waals surface area contributed by atoms with Crippen LogP contribution < -0.4 is 19.5 Å². The zero-order chi connectivity index (χ0) is 27.9. The van der Waals surface area contributed by atoms with E-state index in [4.69, 9.17) is 9.47 Å². The summed E-state index contributed by atoms with van der Waals surface area (Å²) >= 11 is 0. The summed E-state index contributed by atoms with van der Waals surface area (Å²) in [6.45, 7) is 3.70. The highest BCUT2D eigenvalue weighted by molar-refractivity contribution is 7.89.